The fraction of sp³-hybridized carbons (Fsp3) is 0.462. The normalized spacial score (nSPS) is 10.8. The number of rotatable bonds is 6. The summed E-state index contributed by atoms with van der Waals surface area (Å²) in [6, 6.07) is 2.08. The zero-order valence-corrected chi connectivity index (χ0v) is 11.1. The summed E-state index contributed by atoms with van der Waals surface area (Å²) in [5, 5.41) is 7.49. The first-order valence-electron chi connectivity index (χ1n) is 6.08. The number of nitrogens with one attached hydrogen (secondary N) is 1. The van der Waals surface area contributed by atoms with Gasteiger partial charge < -0.3 is 14.5 Å². The number of hydrogen-bond donors (Lipinski definition) is 1. The number of furan rings is 1. The minimum atomic E-state index is 0.621. The predicted octanol–water partition coefficient (Wildman–Crippen LogP) is 1.95. The van der Waals surface area contributed by atoms with E-state index in [1.165, 1.54) is 5.56 Å². The molecule has 0 spiro atoms. The van der Waals surface area contributed by atoms with Crippen molar-refractivity contribution in [2.45, 2.75) is 26.9 Å². The topological polar surface area (TPSA) is 52.2 Å². The maximum atomic E-state index is 5.72. The number of hydrogen-bond acceptors (Lipinski definition) is 4. The highest BCUT2D eigenvalue weighted by Crippen LogP contribution is 2.16. The molecule has 0 bridgehead atoms. The molecule has 2 rings (SSSR count). The molecule has 0 aromatic carbocycles. The average Bonchev–Trinajstić information content (AvgIpc) is 2.94. The van der Waals surface area contributed by atoms with E-state index in [1.54, 1.807) is 18.0 Å². The van der Waals surface area contributed by atoms with Crippen LogP contribution in [0.5, 0.6) is 5.75 Å². The maximum Gasteiger partial charge on any atom is 0.156 e. The Kier molecular flexibility index (Phi) is 4.04. The molecule has 0 amide bonds. The molecule has 5 nitrogen and oxygen atoms in total. The van der Waals surface area contributed by atoms with Crippen molar-refractivity contribution < 1.29 is 9.15 Å². The lowest BCUT2D eigenvalue weighted by molar-refractivity contribution is 0.413. The molecule has 0 aliphatic heterocycles. The van der Waals surface area contributed by atoms with Crippen LogP contribution in [-0.4, -0.2) is 23.4 Å². The largest absolute Gasteiger partial charge is 0.493 e. The Morgan fingerprint density at radius 1 is 1.50 bits per heavy atom. The van der Waals surface area contributed by atoms with Crippen LogP contribution in [-0.2, 0) is 13.1 Å². The van der Waals surface area contributed by atoms with Gasteiger partial charge in [-0.3, -0.25) is 4.68 Å². The van der Waals surface area contributed by atoms with Crippen molar-refractivity contribution in [1.82, 2.24) is 15.1 Å². The van der Waals surface area contributed by atoms with Gasteiger partial charge in [0.05, 0.1) is 26.0 Å². The summed E-state index contributed by atoms with van der Waals surface area (Å²) >= 11 is 0. The van der Waals surface area contributed by atoms with Crippen molar-refractivity contribution >= 4 is 0 Å². The summed E-state index contributed by atoms with van der Waals surface area (Å²) in [6.07, 6.45) is 3.54. The molecule has 2 heterocycles. The van der Waals surface area contributed by atoms with E-state index >= 15 is 0 Å². The number of aromatic nitrogens is 2. The molecule has 1 N–H and O–H groups in total. The Morgan fingerprint density at radius 2 is 2.33 bits per heavy atom. The van der Waals surface area contributed by atoms with Crippen LogP contribution in [0.2, 0.25) is 0 Å². The van der Waals surface area contributed by atoms with Crippen LogP contribution in [0.4, 0.5) is 0 Å². The standard InChI is InChI=1S/C13H19N3O2/c1-4-14-6-11-5-12(18-10(11)2)8-16-9-13(17-3)7-15-16/h5,7,9,14H,4,6,8H2,1-3H3. The third-order valence-electron chi connectivity index (χ3n) is 2.80. The van der Waals surface area contributed by atoms with Gasteiger partial charge in [0.1, 0.15) is 11.5 Å². The SMILES string of the molecule is CCNCc1cc(Cn2cc(OC)cn2)oc1C. The highest BCUT2D eigenvalue weighted by molar-refractivity contribution is 5.21. The summed E-state index contributed by atoms with van der Waals surface area (Å²) in [4.78, 5) is 0. The molecule has 0 saturated carbocycles. The van der Waals surface area contributed by atoms with Gasteiger partial charge in [-0.05, 0) is 19.5 Å². The molecule has 0 saturated heterocycles. The number of methoxy groups -OCH3 is 1. The Labute approximate surface area is 107 Å². The van der Waals surface area contributed by atoms with Crippen molar-refractivity contribution in [1.29, 1.82) is 0 Å². The highest BCUT2D eigenvalue weighted by Gasteiger charge is 2.08. The fourth-order valence-corrected chi connectivity index (χ4v) is 1.80. The van der Waals surface area contributed by atoms with Crippen LogP contribution in [0, 0.1) is 6.92 Å². The minimum Gasteiger partial charge on any atom is -0.493 e. The third-order valence-corrected chi connectivity index (χ3v) is 2.80. The lowest BCUT2D eigenvalue weighted by Gasteiger charge is -1.97. The van der Waals surface area contributed by atoms with Gasteiger partial charge in [0.25, 0.3) is 0 Å². The first kappa shape index (κ1) is 12.7. The van der Waals surface area contributed by atoms with E-state index in [1.807, 2.05) is 13.1 Å². The van der Waals surface area contributed by atoms with Crippen LogP contribution in [0.25, 0.3) is 0 Å². The molecule has 0 aliphatic carbocycles. The molecule has 0 fully saturated rings. The molecule has 0 aliphatic rings. The molecule has 0 unspecified atom stereocenters. The molecule has 98 valence electrons. The predicted molar refractivity (Wildman–Crippen MR) is 68.7 cm³/mol. The van der Waals surface area contributed by atoms with E-state index in [-0.39, 0.29) is 0 Å². The molecule has 0 radical (unpaired) electrons. The zero-order valence-electron chi connectivity index (χ0n) is 11.1. The van der Waals surface area contributed by atoms with Crippen molar-refractivity contribution in [2.24, 2.45) is 0 Å². The summed E-state index contributed by atoms with van der Waals surface area (Å²) in [7, 11) is 1.63. The lowest BCUT2D eigenvalue weighted by atomic mass is 10.2. The Morgan fingerprint density at radius 3 is 3.00 bits per heavy atom. The summed E-state index contributed by atoms with van der Waals surface area (Å²) in [5.41, 5.74) is 1.20. The quantitative estimate of drug-likeness (QED) is 0.850. The monoisotopic (exact) mass is 249 g/mol. The second-order valence-corrected chi connectivity index (χ2v) is 4.15. The number of ether oxygens (including phenoxy) is 1. The summed E-state index contributed by atoms with van der Waals surface area (Å²) in [5.74, 6) is 2.63. The third kappa shape index (κ3) is 2.92. The van der Waals surface area contributed by atoms with Crippen LogP contribution >= 0.6 is 0 Å². The molecular weight excluding hydrogens is 230 g/mol. The zero-order chi connectivity index (χ0) is 13.0. The Bertz CT molecular complexity index is 502. The highest BCUT2D eigenvalue weighted by atomic mass is 16.5. The van der Waals surface area contributed by atoms with Crippen LogP contribution < -0.4 is 10.1 Å². The second kappa shape index (κ2) is 5.73. The van der Waals surface area contributed by atoms with Gasteiger partial charge in [-0.15, -0.1) is 0 Å². The van der Waals surface area contributed by atoms with Gasteiger partial charge in [0, 0.05) is 12.1 Å². The first-order valence-corrected chi connectivity index (χ1v) is 6.08. The molecule has 5 heteroatoms. The van der Waals surface area contributed by atoms with Crippen LogP contribution in [0.1, 0.15) is 24.0 Å². The first-order chi connectivity index (χ1) is 8.72. The lowest BCUT2D eigenvalue weighted by Crippen LogP contribution is -2.11. The Balaban J connectivity index is 2.05. The van der Waals surface area contributed by atoms with E-state index in [0.29, 0.717) is 6.54 Å². The Hall–Kier alpha value is -1.75. The van der Waals surface area contributed by atoms with E-state index in [0.717, 1.165) is 30.4 Å². The van der Waals surface area contributed by atoms with Gasteiger partial charge in [0.15, 0.2) is 5.75 Å². The van der Waals surface area contributed by atoms with Crippen LogP contribution in [0.15, 0.2) is 22.9 Å². The van der Waals surface area contributed by atoms with E-state index in [9.17, 15) is 0 Å². The number of nitrogens with zero attached hydrogens (tertiary/aromatic N) is 2. The van der Waals surface area contributed by atoms with E-state index in [2.05, 4.69) is 23.4 Å². The molecule has 18 heavy (non-hydrogen) atoms. The molecular formula is C13H19N3O2. The maximum absolute atomic E-state index is 5.72. The van der Waals surface area contributed by atoms with E-state index < -0.39 is 0 Å². The van der Waals surface area contributed by atoms with Crippen molar-refractivity contribution in [2.75, 3.05) is 13.7 Å². The van der Waals surface area contributed by atoms with Gasteiger partial charge in [0.2, 0.25) is 0 Å². The van der Waals surface area contributed by atoms with Gasteiger partial charge in [-0.1, -0.05) is 6.92 Å². The van der Waals surface area contributed by atoms with Crippen LogP contribution in [0.3, 0.4) is 0 Å². The smallest absolute Gasteiger partial charge is 0.156 e. The van der Waals surface area contributed by atoms with Crippen molar-refractivity contribution in [3.05, 3.63) is 35.5 Å². The van der Waals surface area contributed by atoms with E-state index in [4.69, 9.17) is 9.15 Å². The second-order valence-electron chi connectivity index (χ2n) is 4.15. The molecule has 0 atom stereocenters. The van der Waals surface area contributed by atoms with Crippen molar-refractivity contribution in [3.63, 3.8) is 0 Å². The molecule has 2 aromatic heterocycles. The minimum absolute atomic E-state index is 0.621. The summed E-state index contributed by atoms with van der Waals surface area (Å²) < 4.78 is 12.6. The van der Waals surface area contributed by atoms with Crippen molar-refractivity contribution in [3.8, 4) is 5.75 Å². The van der Waals surface area contributed by atoms with Gasteiger partial charge >= 0.3 is 0 Å². The molecule has 2 aromatic rings. The van der Waals surface area contributed by atoms with Gasteiger partial charge in [-0.25, -0.2) is 0 Å². The number of aryl methyl sites for hydroxylation is 1. The van der Waals surface area contributed by atoms with Gasteiger partial charge in [-0.2, -0.15) is 5.10 Å². The average molecular weight is 249 g/mol. The summed E-state index contributed by atoms with van der Waals surface area (Å²) in [6.45, 7) is 6.49. The fourth-order valence-electron chi connectivity index (χ4n) is 1.80.